The molecule has 0 fully saturated rings. The predicted octanol–water partition coefficient (Wildman–Crippen LogP) is 3.00. The molecule has 58 valence electrons. The zero-order valence-corrected chi connectivity index (χ0v) is 7.76. The Balaban J connectivity index is 3.12. The highest BCUT2D eigenvalue weighted by atomic mass is 79.9. The van der Waals surface area contributed by atoms with Gasteiger partial charge in [0.15, 0.2) is 0 Å². The second-order valence-electron chi connectivity index (χ2n) is 1.80. The number of para-hydroxylation sites is 1. The normalized spacial score (nSPS) is 9.55. The molecular formula is C6H4BrNO2S. The maximum absolute atomic E-state index is 10.4. The van der Waals surface area contributed by atoms with Crippen molar-refractivity contribution in [3.8, 4) is 0 Å². The smallest absolute Gasteiger partial charge is 0.258 e. The Morgan fingerprint density at radius 2 is 2.09 bits per heavy atom. The van der Waals surface area contributed by atoms with Gasteiger partial charge in [0, 0.05) is 6.07 Å². The van der Waals surface area contributed by atoms with E-state index in [4.69, 9.17) is 0 Å². The summed E-state index contributed by atoms with van der Waals surface area (Å²) >= 11 is 3.09. The molecule has 1 aromatic carbocycles. The highest BCUT2D eigenvalue weighted by Crippen LogP contribution is 2.32. The van der Waals surface area contributed by atoms with E-state index in [1.165, 1.54) is 16.3 Å². The Morgan fingerprint density at radius 3 is 2.55 bits per heavy atom. The topological polar surface area (TPSA) is 43.1 Å². The number of nitro groups is 1. The number of hydrogen-bond acceptors (Lipinski definition) is 3. The monoisotopic (exact) mass is 233 g/mol. The molecule has 1 rings (SSSR count). The lowest BCUT2D eigenvalue weighted by atomic mass is 10.3. The van der Waals surface area contributed by atoms with Crippen LogP contribution in [0.25, 0.3) is 0 Å². The summed E-state index contributed by atoms with van der Waals surface area (Å²) in [6, 6.07) is 6.57. The van der Waals surface area contributed by atoms with E-state index >= 15 is 0 Å². The first-order valence-electron chi connectivity index (χ1n) is 2.77. The number of halogens is 1. The van der Waals surface area contributed by atoms with Gasteiger partial charge in [0.25, 0.3) is 5.69 Å². The predicted molar refractivity (Wildman–Crippen MR) is 47.9 cm³/mol. The molecule has 0 aliphatic carbocycles. The third-order valence-electron chi connectivity index (χ3n) is 1.15. The van der Waals surface area contributed by atoms with Gasteiger partial charge in [0.1, 0.15) is 0 Å². The first-order valence-corrected chi connectivity index (χ1v) is 5.43. The van der Waals surface area contributed by atoms with Crippen LogP contribution in [-0.2, 0) is 0 Å². The fourth-order valence-electron chi connectivity index (χ4n) is 0.673. The van der Waals surface area contributed by atoms with Gasteiger partial charge in [-0.05, 0) is 31.1 Å². The fraction of sp³-hybridized carbons (Fsp3) is 0. The molecule has 0 amide bonds. The van der Waals surface area contributed by atoms with Crippen molar-refractivity contribution in [2.45, 2.75) is 4.90 Å². The molecule has 0 saturated carbocycles. The standard InChI is InChI=1S/C6H4BrNO2S/c7-11-6-4-2-1-3-5(6)8(9)10/h1-4H. The van der Waals surface area contributed by atoms with Gasteiger partial charge in [-0.1, -0.05) is 12.1 Å². The van der Waals surface area contributed by atoms with Gasteiger partial charge < -0.3 is 0 Å². The minimum Gasteiger partial charge on any atom is -0.258 e. The molecule has 0 N–H and O–H groups in total. The molecule has 0 radical (unpaired) electrons. The average Bonchev–Trinajstić information content (AvgIpc) is 2.04. The molecule has 5 heteroatoms. The molecule has 0 aliphatic heterocycles. The Morgan fingerprint density at radius 1 is 1.45 bits per heavy atom. The Labute approximate surface area is 75.1 Å². The lowest BCUT2D eigenvalue weighted by Crippen LogP contribution is -1.88. The Kier molecular flexibility index (Phi) is 2.90. The van der Waals surface area contributed by atoms with Gasteiger partial charge in [-0.15, -0.1) is 0 Å². The maximum Gasteiger partial charge on any atom is 0.283 e. The van der Waals surface area contributed by atoms with Crippen LogP contribution < -0.4 is 0 Å². The van der Waals surface area contributed by atoms with E-state index in [0.717, 1.165) is 0 Å². The van der Waals surface area contributed by atoms with Crippen LogP contribution in [0.5, 0.6) is 0 Å². The highest BCUT2D eigenvalue weighted by molar-refractivity contribution is 9.50. The van der Waals surface area contributed by atoms with E-state index in [1.54, 1.807) is 18.2 Å². The quantitative estimate of drug-likeness (QED) is 0.583. The molecule has 0 aliphatic rings. The van der Waals surface area contributed by atoms with E-state index in [0.29, 0.717) is 4.90 Å². The van der Waals surface area contributed by atoms with Crippen molar-refractivity contribution in [1.29, 1.82) is 0 Å². The molecule has 0 bridgehead atoms. The van der Waals surface area contributed by atoms with Crippen molar-refractivity contribution in [2.24, 2.45) is 0 Å². The molecule has 0 saturated heterocycles. The Bertz CT molecular complexity index is 279. The lowest BCUT2D eigenvalue weighted by molar-refractivity contribution is -0.387. The summed E-state index contributed by atoms with van der Waals surface area (Å²) in [7, 11) is 1.19. The summed E-state index contributed by atoms with van der Waals surface area (Å²) < 4.78 is 0. The molecule has 1 aromatic rings. The zero-order valence-electron chi connectivity index (χ0n) is 5.36. The lowest BCUT2D eigenvalue weighted by Gasteiger charge is -1.94. The molecular weight excluding hydrogens is 230 g/mol. The van der Waals surface area contributed by atoms with Crippen molar-refractivity contribution in [2.75, 3.05) is 0 Å². The summed E-state index contributed by atoms with van der Waals surface area (Å²) in [4.78, 5) is 10.6. The fourth-order valence-corrected chi connectivity index (χ4v) is 1.85. The van der Waals surface area contributed by atoms with Crippen molar-refractivity contribution in [1.82, 2.24) is 0 Å². The van der Waals surface area contributed by atoms with Gasteiger partial charge in [-0.2, -0.15) is 0 Å². The highest BCUT2D eigenvalue weighted by Gasteiger charge is 2.10. The third kappa shape index (κ3) is 1.94. The van der Waals surface area contributed by atoms with Crippen LogP contribution in [0.2, 0.25) is 0 Å². The van der Waals surface area contributed by atoms with Gasteiger partial charge in [0.05, 0.1) is 9.82 Å². The Hall–Kier alpha value is -0.550. The van der Waals surface area contributed by atoms with Crippen LogP contribution in [0, 0.1) is 10.1 Å². The molecule has 3 nitrogen and oxygen atoms in total. The van der Waals surface area contributed by atoms with Gasteiger partial charge in [-0.25, -0.2) is 0 Å². The average molecular weight is 234 g/mol. The SMILES string of the molecule is O=[N+]([O-])c1ccccc1SBr. The second-order valence-corrected chi connectivity index (χ2v) is 3.37. The maximum atomic E-state index is 10.4. The van der Waals surface area contributed by atoms with Crippen molar-refractivity contribution in [3.05, 3.63) is 34.4 Å². The van der Waals surface area contributed by atoms with Crippen LogP contribution in [0.15, 0.2) is 29.2 Å². The molecule has 0 unspecified atom stereocenters. The van der Waals surface area contributed by atoms with Crippen LogP contribution in [-0.4, -0.2) is 4.92 Å². The number of nitro benzene ring substituents is 1. The molecule has 0 atom stereocenters. The first kappa shape index (κ1) is 8.55. The van der Waals surface area contributed by atoms with Gasteiger partial charge in [0.2, 0.25) is 0 Å². The number of hydrogen-bond donors (Lipinski definition) is 0. The molecule has 0 heterocycles. The van der Waals surface area contributed by atoms with Gasteiger partial charge >= 0.3 is 0 Å². The number of benzene rings is 1. The minimum absolute atomic E-state index is 0.134. The first-order chi connectivity index (χ1) is 5.25. The van der Waals surface area contributed by atoms with Crippen LogP contribution in [0.3, 0.4) is 0 Å². The third-order valence-corrected chi connectivity index (χ3v) is 2.70. The van der Waals surface area contributed by atoms with E-state index < -0.39 is 4.92 Å². The zero-order chi connectivity index (χ0) is 8.27. The van der Waals surface area contributed by atoms with Crippen LogP contribution in [0.4, 0.5) is 5.69 Å². The molecule has 0 spiro atoms. The summed E-state index contributed by atoms with van der Waals surface area (Å²) in [6.45, 7) is 0. The minimum atomic E-state index is -0.399. The summed E-state index contributed by atoms with van der Waals surface area (Å²) in [5.74, 6) is 0. The van der Waals surface area contributed by atoms with Crippen LogP contribution in [0.1, 0.15) is 0 Å². The van der Waals surface area contributed by atoms with Crippen LogP contribution >= 0.6 is 25.0 Å². The molecule has 0 aromatic heterocycles. The number of rotatable bonds is 2. The summed E-state index contributed by atoms with van der Waals surface area (Å²) in [5, 5.41) is 10.4. The van der Waals surface area contributed by atoms with Crippen molar-refractivity contribution >= 4 is 30.7 Å². The van der Waals surface area contributed by atoms with E-state index in [2.05, 4.69) is 14.8 Å². The number of nitrogens with zero attached hydrogens (tertiary/aromatic N) is 1. The summed E-state index contributed by atoms with van der Waals surface area (Å²) in [5.41, 5.74) is 0.134. The largest absolute Gasteiger partial charge is 0.283 e. The second kappa shape index (κ2) is 3.73. The summed E-state index contributed by atoms with van der Waals surface area (Å²) in [6.07, 6.45) is 0. The van der Waals surface area contributed by atoms with Crippen molar-refractivity contribution in [3.63, 3.8) is 0 Å². The van der Waals surface area contributed by atoms with Gasteiger partial charge in [-0.3, -0.25) is 10.1 Å². The molecule has 11 heavy (non-hydrogen) atoms. The van der Waals surface area contributed by atoms with E-state index in [1.807, 2.05) is 0 Å². The van der Waals surface area contributed by atoms with E-state index in [-0.39, 0.29) is 5.69 Å². The van der Waals surface area contributed by atoms with E-state index in [9.17, 15) is 10.1 Å². The van der Waals surface area contributed by atoms with Crippen molar-refractivity contribution < 1.29 is 4.92 Å².